The van der Waals surface area contributed by atoms with Gasteiger partial charge in [0.25, 0.3) is 5.97 Å². The first-order valence-corrected chi connectivity index (χ1v) is 26.9. The third-order valence-electron chi connectivity index (χ3n) is 12.0. The van der Waals surface area contributed by atoms with Crippen LogP contribution in [0.1, 0.15) is 105 Å². The van der Waals surface area contributed by atoms with Crippen molar-refractivity contribution in [2.24, 2.45) is 23.3 Å². The molecule has 1 saturated heterocycles. The number of likely N-dealkylation sites (tertiary alicyclic amines) is 1. The predicted molar refractivity (Wildman–Crippen MR) is 283 cm³/mol. The molecule has 0 bridgehead atoms. The highest BCUT2D eigenvalue weighted by atomic mass is 32.2. The highest BCUT2D eigenvalue weighted by Gasteiger charge is 2.40. The first-order valence-electron chi connectivity index (χ1n) is 25.5. The third kappa shape index (κ3) is 25.1. The van der Waals surface area contributed by atoms with Gasteiger partial charge in [0.1, 0.15) is 48.3 Å². The number of carbonyl (C=O) groups is 11. The lowest BCUT2D eigenvalue weighted by Gasteiger charge is -2.30. The van der Waals surface area contributed by atoms with E-state index >= 15 is 0 Å². The molecule has 77 heavy (non-hydrogen) atoms. The van der Waals surface area contributed by atoms with E-state index in [1.165, 1.54) is 16.7 Å². The van der Waals surface area contributed by atoms with Gasteiger partial charge in [-0.2, -0.15) is 11.8 Å². The molecule has 26 nitrogen and oxygen atoms in total. The van der Waals surface area contributed by atoms with E-state index < -0.39 is 144 Å². The van der Waals surface area contributed by atoms with E-state index in [1.54, 1.807) is 50.4 Å². The van der Waals surface area contributed by atoms with Gasteiger partial charge in [0.2, 0.25) is 47.3 Å². The van der Waals surface area contributed by atoms with Gasteiger partial charge in [-0.15, -0.1) is 0 Å². The molecule has 16 N–H and O–H groups in total. The second kappa shape index (κ2) is 35.1. The summed E-state index contributed by atoms with van der Waals surface area (Å²) in [5.74, 6) is -11.1. The molecule has 11 atom stereocenters. The molecule has 1 heterocycles. The number of rotatable bonds is 32. The largest absolute Gasteiger partial charge is 0.481 e. The fraction of sp³-hybridized carbons (Fsp3) is 0.660. The Labute approximate surface area is 453 Å². The summed E-state index contributed by atoms with van der Waals surface area (Å²) < 4.78 is 0. The van der Waals surface area contributed by atoms with Gasteiger partial charge in [0.05, 0.1) is 24.7 Å². The van der Waals surface area contributed by atoms with Crippen LogP contribution in [0.5, 0.6) is 0 Å². The van der Waals surface area contributed by atoms with Crippen molar-refractivity contribution in [2.45, 2.75) is 173 Å². The maximum atomic E-state index is 14.1. The quantitative estimate of drug-likeness (QED) is 0.0345. The Bertz CT molecular complexity index is 2130. The van der Waals surface area contributed by atoms with E-state index in [0.29, 0.717) is 30.6 Å². The van der Waals surface area contributed by atoms with Gasteiger partial charge >= 0.3 is 11.9 Å². The monoisotopic (exact) mass is 1110 g/mol. The maximum absolute atomic E-state index is 14.1. The Kier molecular flexibility index (Phi) is 31.3. The molecule has 1 aliphatic heterocycles. The van der Waals surface area contributed by atoms with Crippen LogP contribution in [-0.2, 0) is 59.2 Å². The number of carboxylic acids is 3. The molecule has 8 amide bonds. The zero-order valence-corrected chi connectivity index (χ0v) is 45.9. The number of aliphatic hydroxyl groups is 2. The van der Waals surface area contributed by atoms with E-state index in [2.05, 4.69) is 37.2 Å². The summed E-state index contributed by atoms with van der Waals surface area (Å²) in [5, 5.41) is 65.2. The number of carboxylic acid groups (broad SMARTS) is 3. The van der Waals surface area contributed by atoms with Gasteiger partial charge in [0, 0.05) is 19.9 Å². The summed E-state index contributed by atoms with van der Waals surface area (Å²) in [7, 11) is 0. The Morgan fingerprint density at radius 3 is 1.65 bits per heavy atom. The van der Waals surface area contributed by atoms with Crippen molar-refractivity contribution >= 4 is 76.9 Å². The zero-order chi connectivity index (χ0) is 58.7. The van der Waals surface area contributed by atoms with Crippen molar-refractivity contribution in [1.82, 2.24) is 42.1 Å². The van der Waals surface area contributed by atoms with Crippen LogP contribution in [-0.4, -0.2) is 187 Å². The molecule has 11 unspecified atom stereocenters. The predicted octanol–water partition coefficient (Wildman–Crippen LogP) is -2.06. The number of nitrogens with zero attached hydrogens (tertiary/aromatic N) is 1. The van der Waals surface area contributed by atoms with Crippen molar-refractivity contribution in [2.75, 3.05) is 25.1 Å². The number of benzene rings is 1. The van der Waals surface area contributed by atoms with E-state index in [4.69, 9.17) is 21.4 Å². The average Bonchev–Trinajstić information content (AvgIpc) is 3.84. The van der Waals surface area contributed by atoms with E-state index in [0.717, 1.165) is 20.8 Å². The molecule has 1 fully saturated rings. The number of carbonyl (C=O) groups excluding carboxylic acids is 8. The molecule has 1 aromatic rings. The summed E-state index contributed by atoms with van der Waals surface area (Å²) in [4.78, 5) is 144. The molecular weight excluding hydrogens is 1030 g/mol. The number of aliphatic hydroxyl groups excluding tert-OH is 2. The number of amides is 8. The normalized spacial score (nSPS) is 17.0. The second-order valence-electron chi connectivity index (χ2n) is 19.6. The topological polar surface area (TPSA) is 428 Å². The number of hydrogen-bond acceptors (Lipinski definition) is 16. The van der Waals surface area contributed by atoms with Gasteiger partial charge in [-0.25, -0.2) is 4.79 Å². The smallest absolute Gasteiger partial charge is 0.326 e. The van der Waals surface area contributed by atoms with Crippen molar-refractivity contribution in [3.8, 4) is 0 Å². The summed E-state index contributed by atoms with van der Waals surface area (Å²) in [6.45, 7) is 10.8. The summed E-state index contributed by atoms with van der Waals surface area (Å²) in [5.41, 5.74) is 12.5. The van der Waals surface area contributed by atoms with Crippen molar-refractivity contribution < 1.29 is 78.3 Å². The molecule has 1 aliphatic rings. The number of hydrogen-bond donors (Lipinski definition) is 14. The summed E-state index contributed by atoms with van der Waals surface area (Å²) >= 11 is 1.37. The first kappa shape index (κ1) is 68.6. The van der Waals surface area contributed by atoms with Crippen LogP contribution in [0.15, 0.2) is 30.3 Å². The average molecular weight is 1110 g/mol. The van der Waals surface area contributed by atoms with Crippen LogP contribution >= 0.6 is 11.8 Å². The highest BCUT2D eigenvalue weighted by molar-refractivity contribution is 7.98. The van der Waals surface area contributed by atoms with Crippen LogP contribution in [0.25, 0.3) is 0 Å². The minimum atomic E-state index is -1.85. The molecule has 27 heteroatoms. The fourth-order valence-electron chi connectivity index (χ4n) is 7.98. The lowest BCUT2D eigenvalue weighted by molar-refractivity contribution is -0.143. The van der Waals surface area contributed by atoms with E-state index in [1.807, 2.05) is 13.8 Å². The minimum Gasteiger partial charge on any atom is -0.481 e. The molecular formula is C50H82N10O16S. The van der Waals surface area contributed by atoms with Crippen LogP contribution in [0.3, 0.4) is 0 Å². The van der Waals surface area contributed by atoms with Crippen LogP contribution in [0.4, 0.5) is 0 Å². The Balaban J connectivity index is 0.00000714. The zero-order valence-electron chi connectivity index (χ0n) is 45.1. The highest BCUT2D eigenvalue weighted by Crippen LogP contribution is 2.21. The van der Waals surface area contributed by atoms with Gasteiger partial charge in [-0.05, 0) is 94.7 Å². The molecule has 0 aromatic heterocycles. The van der Waals surface area contributed by atoms with Crippen LogP contribution < -0.4 is 48.7 Å². The van der Waals surface area contributed by atoms with Crippen LogP contribution in [0, 0.1) is 11.8 Å². The maximum Gasteiger partial charge on any atom is 0.326 e. The molecule has 2 rings (SSSR count). The fourth-order valence-corrected chi connectivity index (χ4v) is 8.45. The summed E-state index contributed by atoms with van der Waals surface area (Å²) in [6, 6.07) is -4.31. The number of unbranched alkanes of at least 4 members (excludes halogenated alkanes) is 1. The van der Waals surface area contributed by atoms with Crippen LogP contribution in [0.2, 0.25) is 0 Å². The minimum absolute atomic E-state index is 0.0914. The lowest BCUT2D eigenvalue weighted by Crippen LogP contribution is -2.63. The molecule has 0 saturated carbocycles. The first-order chi connectivity index (χ1) is 36.1. The van der Waals surface area contributed by atoms with E-state index in [-0.39, 0.29) is 51.1 Å². The van der Waals surface area contributed by atoms with Crippen molar-refractivity contribution in [1.29, 1.82) is 0 Å². The van der Waals surface area contributed by atoms with E-state index in [9.17, 15) is 68.4 Å². The number of nitrogens with two attached hydrogens (primary N) is 2. The Morgan fingerprint density at radius 1 is 0.662 bits per heavy atom. The Hall–Kier alpha value is -6.42. The molecule has 0 aliphatic carbocycles. The Morgan fingerprint density at radius 2 is 1.16 bits per heavy atom. The number of nitrogens with one attached hydrogen (secondary N) is 7. The van der Waals surface area contributed by atoms with Gasteiger partial charge < -0.3 is 79.1 Å². The third-order valence-corrected chi connectivity index (χ3v) is 12.6. The standard InChI is InChI=1S/C48H78N10O14S.C2H4O2/c1-25(2)22-30(50)47(70)58-20-13-17-35(58)43(66)54-33(23-29-14-9-8-10-15-29)41(64)53-34(24-36(61)62)42(65)51-31(16-11-12-19-49)40(63)56-38(27(5)59)46(69)57-39(28(6)60)45(68)55-37(26(3)4)44(67)52-32(48(71)72)18-21-73-7;1-2(3)4/h8-10,14-15,25-28,30-35,37-39,59-60H,11-13,16-24,49-50H2,1-7H3,(H,51,65)(H,52,67)(H,53,64)(H,54,66)(H,55,68)(H,56,63)(H,57,69)(H,61,62)(H,71,72);1H3,(H,3,4). The number of aliphatic carboxylic acids is 3. The SMILES string of the molecule is CC(=O)O.CSCCC(NC(=O)C(NC(=O)C(NC(=O)C(NC(=O)C(CCCCN)NC(=O)C(CC(=O)O)NC(=O)C(Cc1ccccc1)NC(=O)C1CCCN1C(=O)C(N)CC(C)C)C(C)O)C(C)O)C(C)C)C(=O)O. The van der Waals surface area contributed by atoms with Gasteiger partial charge in [0.15, 0.2) is 0 Å². The molecule has 434 valence electrons. The second-order valence-corrected chi connectivity index (χ2v) is 20.6. The molecule has 1 aromatic carbocycles. The molecule has 0 spiro atoms. The van der Waals surface area contributed by atoms with Crippen molar-refractivity contribution in [3.63, 3.8) is 0 Å². The van der Waals surface area contributed by atoms with Crippen molar-refractivity contribution in [3.05, 3.63) is 35.9 Å². The van der Waals surface area contributed by atoms with Gasteiger partial charge in [-0.1, -0.05) is 58.0 Å². The number of thioether (sulfide) groups is 1. The van der Waals surface area contributed by atoms with Gasteiger partial charge in [-0.3, -0.25) is 47.9 Å². The lowest BCUT2D eigenvalue weighted by atomic mass is 10.0. The molecule has 0 radical (unpaired) electrons. The summed E-state index contributed by atoms with van der Waals surface area (Å²) in [6.07, 6.45) is -0.963.